The van der Waals surface area contributed by atoms with Gasteiger partial charge < -0.3 is 10.0 Å². The van der Waals surface area contributed by atoms with Crippen molar-refractivity contribution >= 4 is 17.3 Å². The van der Waals surface area contributed by atoms with Gasteiger partial charge in [0.2, 0.25) is 0 Å². The molecule has 0 atom stereocenters. The summed E-state index contributed by atoms with van der Waals surface area (Å²) >= 11 is 0. The van der Waals surface area contributed by atoms with E-state index >= 15 is 0 Å². The summed E-state index contributed by atoms with van der Waals surface area (Å²) in [6.07, 6.45) is 2.49. The Morgan fingerprint density at radius 3 is 2.70 bits per heavy atom. The molecule has 0 radical (unpaired) electrons. The molecule has 2 aromatic rings. The monoisotopic (exact) mass is 265 g/mol. The number of carboxylic acid groups (broad SMARTS) is 1. The lowest BCUT2D eigenvalue weighted by Crippen LogP contribution is -2.24. The van der Waals surface area contributed by atoms with Crippen molar-refractivity contribution in [1.82, 2.24) is 0 Å². The highest BCUT2D eigenvalue weighted by Gasteiger charge is 2.25. The number of carbonyl (C=O) groups is 1. The lowest BCUT2D eigenvalue weighted by atomic mass is 9.92. The van der Waals surface area contributed by atoms with Crippen LogP contribution in [0.15, 0.2) is 55.1 Å². The minimum atomic E-state index is -0.875. The highest BCUT2D eigenvalue weighted by Crippen LogP contribution is 2.39. The van der Waals surface area contributed by atoms with Crippen LogP contribution in [-0.2, 0) is 6.42 Å². The Morgan fingerprint density at radius 1 is 1.20 bits per heavy atom. The number of fused-ring (bicyclic) bond motifs is 2. The lowest BCUT2D eigenvalue weighted by molar-refractivity contribution is 0.0696. The minimum Gasteiger partial charge on any atom is -0.478 e. The zero-order chi connectivity index (χ0) is 14.1. The second-order valence-corrected chi connectivity index (χ2v) is 4.81. The van der Waals surface area contributed by atoms with Crippen molar-refractivity contribution in [2.24, 2.45) is 0 Å². The van der Waals surface area contributed by atoms with Crippen molar-refractivity contribution in [3.8, 4) is 0 Å². The Bertz CT molecular complexity index is 691. The molecule has 0 aliphatic carbocycles. The van der Waals surface area contributed by atoms with Gasteiger partial charge in [0.1, 0.15) is 0 Å². The zero-order valence-electron chi connectivity index (χ0n) is 11.0. The third kappa shape index (κ3) is 1.88. The molecular weight excluding hydrogens is 250 g/mol. The van der Waals surface area contributed by atoms with Crippen molar-refractivity contribution in [2.75, 3.05) is 11.4 Å². The molecule has 1 N–H and O–H groups in total. The van der Waals surface area contributed by atoms with Gasteiger partial charge >= 0.3 is 5.97 Å². The van der Waals surface area contributed by atoms with Crippen molar-refractivity contribution in [2.45, 2.75) is 6.42 Å². The normalized spacial score (nSPS) is 12.5. The Hall–Kier alpha value is -2.55. The predicted molar refractivity (Wildman–Crippen MR) is 79.9 cm³/mol. The van der Waals surface area contributed by atoms with Crippen LogP contribution in [0.5, 0.6) is 0 Å². The van der Waals surface area contributed by atoms with Crippen LogP contribution in [0.2, 0.25) is 0 Å². The molecular formula is C17H15NO2. The Labute approximate surface area is 117 Å². The molecule has 0 fully saturated rings. The number of anilines is 2. The standard InChI is InChI=1S/C17H15NO2/c1-2-10-18-15-8-4-3-6-12(15)11-14-13(17(19)20)7-5-9-16(14)18/h2-9H,1,10-11H2,(H,19,20). The van der Waals surface area contributed by atoms with Gasteiger partial charge in [0, 0.05) is 24.3 Å². The number of aromatic carboxylic acids is 1. The van der Waals surface area contributed by atoms with E-state index in [4.69, 9.17) is 0 Å². The van der Waals surface area contributed by atoms with Gasteiger partial charge in [0.15, 0.2) is 0 Å². The summed E-state index contributed by atoms with van der Waals surface area (Å²) in [7, 11) is 0. The van der Waals surface area contributed by atoms with E-state index < -0.39 is 5.97 Å². The van der Waals surface area contributed by atoms with Crippen LogP contribution in [0.1, 0.15) is 21.5 Å². The summed E-state index contributed by atoms with van der Waals surface area (Å²) in [5.41, 5.74) is 4.49. The molecule has 0 aromatic heterocycles. The third-order valence-electron chi connectivity index (χ3n) is 3.63. The van der Waals surface area contributed by atoms with E-state index in [-0.39, 0.29) is 0 Å². The van der Waals surface area contributed by atoms with Crippen LogP contribution < -0.4 is 4.90 Å². The van der Waals surface area contributed by atoms with E-state index in [1.807, 2.05) is 30.3 Å². The maximum Gasteiger partial charge on any atom is 0.336 e. The molecule has 100 valence electrons. The average Bonchev–Trinajstić information content (AvgIpc) is 2.46. The highest BCUT2D eigenvalue weighted by molar-refractivity contribution is 5.93. The maximum atomic E-state index is 11.4. The van der Waals surface area contributed by atoms with Gasteiger partial charge in [0.05, 0.1) is 5.56 Å². The summed E-state index contributed by atoms with van der Waals surface area (Å²) in [5, 5.41) is 9.37. The fourth-order valence-corrected chi connectivity index (χ4v) is 2.78. The molecule has 3 nitrogen and oxygen atoms in total. The zero-order valence-corrected chi connectivity index (χ0v) is 11.0. The number of hydrogen-bond donors (Lipinski definition) is 1. The Morgan fingerprint density at radius 2 is 1.95 bits per heavy atom. The van der Waals surface area contributed by atoms with Crippen LogP contribution in [0.4, 0.5) is 11.4 Å². The van der Waals surface area contributed by atoms with E-state index in [0.717, 1.165) is 22.5 Å². The molecule has 3 rings (SSSR count). The number of rotatable bonds is 3. The number of para-hydroxylation sites is 1. The van der Waals surface area contributed by atoms with E-state index in [9.17, 15) is 9.90 Å². The fraction of sp³-hybridized carbons (Fsp3) is 0.118. The predicted octanol–water partition coefficient (Wildman–Crippen LogP) is 3.61. The summed E-state index contributed by atoms with van der Waals surface area (Å²) in [6.45, 7) is 4.46. The number of benzene rings is 2. The van der Waals surface area contributed by atoms with Crippen molar-refractivity contribution < 1.29 is 9.90 Å². The summed E-state index contributed by atoms with van der Waals surface area (Å²) < 4.78 is 0. The lowest BCUT2D eigenvalue weighted by Gasteiger charge is -2.33. The molecule has 0 saturated heterocycles. The molecule has 1 aliphatic rings. The molecule has 0 amide bonds. The van der Waals surface area contributed by atoms with Gasteiger partial charge in [-0.25, -0.2) is 4.79 Å². The van der Waals surface area contributed by atoms with Crippen LogP contribution >= 0.6 is 0 Å². The second-order valence-electron chi connectivity index (χ2n) is 4.81. The first-order valence-corrected chi connectivity index (χ1v) is 6.54. The van der Waals surface area contributed by atoms with Gasteiger partial charge in [0.25, 0.3) is 0 Å². The third-order valence-corrected chi connectivity index (χ3v) is 3.63. The minimum absolute atomic E-state index is 0.381. The Balaban J connectivity index is 2.22. The van der Waals surface area contributed by atoms with Crippen molar-refractivity contribution in [3.05, 3.63) is 71.8 Å². The highest BCUT2D eigenvalue weighted by atomic mass is 16.4. The van der Waals surface area contributed by atoms with E-state index in [2.05, 4.69) is 17.5 Å². The van der Waals surface area contributed by atoms with Crippen LogP contribution in [-0.4, -0.2) is 17.6 Å². The van der Waals surface area contributed by atoms with Gasteiger partial charge in [-0.3, -0.25) is 0 Å². The maximum absolute atomic E-state index is 11.4. The first-order valence-electron chi connectivity index (χ1n) is 6.54. The summed E-state index contributed by atoms with van der Waals surface area (Å²) in [4.78, 5) is 13.5. The van der Waals surface area contributed by atoms with E-state index in [1.165, 1.54) is 0 Å². The molecule has 0 unspecified atom stereocenters. The van der Waals surface area contributed by atoms with Gasteiger partial charge in [-0.05, 0) is 29.3 Å². The molecule has 2 aromatic carbocycles. The number of carboxylic acids is 1. The average molecular weight is 265 g/mol. The van der Waals surface area contributed by atoms with Gasteiger partial charge in [-0.1, -0.05) is 30.3 Å². The van der Waals surface area contributed by atoms with Crippen LogP contribution in [0, 0.1) is 0 Å². The van der Waals surface area contributed by atoms with Crippen LogP contribution in [0.3, 0.4) is 0 Å². The van der Waals surface area contributed by atoms with Gasteiger partial charge in [-0.15, -0.1) is 6.58 Å². The smallest absolute Gasteiger partial charge is 0.336 e. The molecule has 0 saturated carbocycles. The SMILES string of the molecule is C=CCN1c2ccccc2Cc2c(C(=O)O)cccc21. The van der Waals surface area contributed by atoms with Crippen molar-refractivity contribution in [3.63, 3.8) is 0 Å². The second kappa shape index (κ2) is 4.85. The van der Waals surface area contributed by atoms with E-state index in [1.54, 1.807) is 12.1 Å². The van der Waals surface area contributed by atoms with E-state index in [0.29, 0.717) is 18.5 Å². The molecule has 1 heterocycles. The quantitative estimate of drug-likeness (QED) is 0.862. The van der Waals surface area contributed by atoms with Crippen molar-refractivity contribution in [1.29, 1.82) is 0 Å². The molecule has 20 heavy (non-hydrogen) atoms. The fourth-order valence-electron chi connectivity index (χ4n) is 2.78. The molecule has 3 heteroatoms. The van der Waals surface area contributed by atoms with Gasteiger partial charge in [-0.2, -0.15) is 0 Å². The number of hydrogen-bond acceptors (Lipinski definition) is 2. The number of nitrogens with zero attached hydrogens (tertiary/aromatic N) is 1. The Kier molecular flexibility index (Phi) is 3.03. The largest absolute Gasteiger partial charge is 0.478 e. The summed E-state index contributed by atoms with van der Waals surface area (Å²) in [5.74, 6) is -0.875. The molecule has 0 spiro atoms. The van der Waals surface area contributed by atoms with Crippen LogP contribution in [0.25, 0.3) is 0 Å². The first-order chi connectivity index (χ1) is 9.72. The molecule has 1 aliphatic heterocycles. The summed E-state index contributed by atoms with van der Waals surface area (Å²) in [6, 6.07) is 13.5. The topological polar surface area (TPSA) is 40.5 Å². The molecule has 0 bridgehead atoms. The first kappa shape index (κ1) is 12.5.